The van der Waals surface area contributed by atoms with Crippen molar-refractivity contribution in [1.29, 1.82) is 0 Å². The Balaban J connectivity index is 1.58. The van der Waals surface area contributed by atoms with Gasteiger partial charge in [-0.3, -0.25) is 4.79 Å². The van der Waals surface area contributed by atoms with E-state index in [0.29, 0.717) is 17.3 Å². The van der Waals surface area contributed by atoms with Crippen LogP contribution in [0, 0.1) is 0 Å². The van der Waals surface area contributed by atoms with Crippen molar-refractivity contribution in [2.75, 3.05) is 0 Å². The van der Waals surface area contributed by atoms with E-state index in [9.17, 15) is 4.79 Å². The summed E-state index contributed by atoms with van der Waals surface area (Å²) in [5, 5.41) is 3.39. The maximum absolute atomic E-state index is 12.1. The van der Waals surface area contributed by atoms with Gasteiger partial charge in [-0.05, 0) is 37.3 Å². The lowest BCUT2D eigenvalue weighted by atomic mass is 10.3. The SMILES string of the molecule is CC(Oc1cccc(Cl)c1)C(=O)NCc1cn2ccccc2n1. The van der Waals surface area contributed by atoms with Crippen molar-refractivity contribution in [3.63, 3.8) is 0 Å². The number of rotatable bonds is 5. The van der Waals surface area contributed by atoms with E-state index in [1.54, 1.807) is 31.2 Å². The van der Waals surface area contributed by atoms with Crippen LogP contribution in [0.4, 0.5) is 0 Å². The number of fused-ring (bicyclic) bond motifs is 1. The van der Waals surface area contributed by atoms with Crippen molar-refractivity contribution in [1.82, 2.24) is 14.7 Å². The van der Waals surface area contributed by atoms with Gasteiger partial charge in [-0.25, -0.2) is 4.98 Å². The Hall–Kier alpha value is -2.53. The molecular weight excluding hydrogens is 314 g/mol. The third kappa shape index (κ3) is 3.81. The minimum absolute atomic E-state index is 0.206. The van der Waals surface area contributed by atoms with Crippen LogP contribution >= 0.6 is 11.6 Å². The maximum atomic E-state index is 12.1. The first-order valence-corrected chi connectivity index (χ1v) is 7.62. The molecular formula is C17H16ClN3O2. The Labute approximate surface area is 138 Å². The van der Waals surface area contributed by atoms with Crippen molar-refractivity contribution in [3.8, 4) is 5.75 Å². The van der Waals surface area contributed by atoms with E-state index in [-0.39, 0.29) is 5.91 Å². The summed E-state index contributed by atoms with van der Waals surface area (Å²) in [5.74, 6) is 0.356. The van der Waals surface area contributed by atoms with Crippen LogP contribution in [0.3, 0.4) is 0 Å². The van der Waals surface area contributed by atoms with Gasteiger partial charge in [-0.2, -0.15) is 0 Å². The van der Waals surface area contributed by atoms with Gasteiger partial charge < -0.3 is 14.5 Å². The van der Waals surface area contributed by atoms with Gasteiger partial charge >= 0.3 is 0 Å². The number of ether oxygens (including phenoxy) is 1. The van der Waals surface area contributed by atoms with Gasteiger partial charge in [0.1, 0.15) is 11.4 Å². The zero-order valence-electron chi connectivity index (χ0n) is 12.6. The molecule has 1 amide bonds. The molecule has 1 unspecified atom stereocenters. The fourth-order valence-corrected chi connectivity index (χ4v) is 2.37. The number of nitrogens with zero attached hydrogens (tertiary/aromatic N) is 2. The molecule has 5 nitrogen and oxygen atoms in total. The fourth-order valence-electron chi connectivity index (χ4n) is 2.19. The van der Waals surface area contributed by atoms with Crippen LogP contribution in [0.5, 0.6) is 5.75 Å². The van der Waals surface area contributed by atoms with E-state index < -0.39 is 6.10 Å². The van der Waals surface area contributed by atoms with Crippen molar-refractivity contribution in [3.05, 3.63) is 65.6 Å². The van der Waals surface area contributed by atoms with Crippen molar-refractivity contribution < 1.29 is 9.53 Å². The molecule has 1 N–H and O–H groups in total. The molecule has 0 aliphatic heterocycles. The zero-order chi connectivity index (χ0) is 16.2. The highest BCUT2D eigenvalue weighted by Crippen LogP contribution is 2.18. The highest BCUT2D eigenvalue weighted by Gasteiger charge is 2.15. The summed E-state index contributed by atoms with van der Waals surface area (Å²) in [7, 11) is 0. The van der Waals surface area contributed by atoms with Crippen LogP contribution in [-0.4, -0.2) is 21.4 Å². The molecule has 1 atom stereocenters. The number of aromatic nitrogens is 2. The Kier molecular flexibility index (Phi) is 4.48. The van der Waals surface area contributed by atoms with Gasteiger partial charge in [0.2, 0.25) is 0 Å². The molecule has 1 aromatic carbocycles. The van der Waals surface area contributed by atoms with E-state index in [0.717, 1.165) is 11.3 Å². The molecule has 2 heterocycles. The summed E-state index contributed by atoms with van der Waals surface area (Å²) < 4.78 is 7.49. The number of carbonyl (C=O) groups excluding carboxylic acids is 1. The zero-order valence-corrected chi connectivity index (χ0v) is 13.3. The van der Waals surface area contributed by atoms with E-state index >= 15 is 0 Å². The molecule has 0 spiro atoms. The maximum Gasteiger partial charge on any atom is 0.261 e. The standard InChI is InChI=1S/C17H16ClN3O2/c1-12(23-15-6-4-5-13(18)9-15)17(22)19-10-14-11-21-8-3-2-7-16(21)20-14/h2-9,11-12H,10H2,1H3,(H,19,22). The molecule has 0 radical (unpaired) electrons. The molecule has 0 fully saturated rings. The lowest BCUT2D eigenvalue weighted by Gasteiger charge is -2.14. The van der Waals surface area contributed by atoms with E-state index in [1.807, 2.05) is 35.0 Å². The van der Waals surface area contributed by atoms with Crippen LogP contribution < -0.4 is 10.1 Å². The van der Waals surface area contributed by atoms with Crippen LogP contribution in [-0.2, 0) is 11.3 Å². The third-order valence-electron chi connectivity index (χ3n) is 3.34. The molecule has 0 bridgehead atoms. The van der Waals surface area contributed by atoms with Crippen molar-refractivity contribution in [2.45, 2.75) is 19.6 Å². The second-order valence-electron chi connectivity index (χ2n) is 5.13. The summed E-state index contributed by atoms with van der Waals surface area (Å²) >= 11 is 5.90. The fraction of sp³-hybridized carbons (Fsp3) is 0.176. The summed E-state index contributed by atoms with van der Waals surface area (Å²) in [5.41, 5.74) is 1.64. The van der Waals surface area contributed by atoms with Crippen LogP contribution in [0.1, 0.15) is 12.6 Å². The number of pyridine rings is 1. The first-order valence-electron chi connectivity index (χ1n) is 7.24. The Morgan fingerprint density at radius 1 is 1.35 bits per heavy atom. The van der Waals surface area contributed by atoms with Crippen LogP contribution in [0.2, 0.25) is 5.02 Å². The molecule has 0 aliphatic carbocycles. The van der Waals surface area contributed by atoms with Crippen molar-refractivity contribution in [2.24, 2.45) is 0 Å². The molecule has 0 aliphatic rings. The van der Waals surface area contributed by atoms with Gasteiger partial charge in [0.05, 0.1) is 12.2 Å². The summed E-state index contributed by atoms with van der Waals surface area (Å²) in [4.78, 5) is 16.5. The minimum Gasteiger partial charge on any atom is -0.481 e. The topological polar surface area (TPSA) is 55.6 Å². The monoisotopic (exact) mass is 329 g/mol. The van der Waals surface area contributed by atoms with Crippen molar-refractivity contribution >= 4 is 23.2 Å². The third-order valence-corrected chi connectivity index (χ3v) is 3.57. The van der Waals surface area contributed by atoms with Gasteiger partial charge in [0.25, 0.3) is 5.91 Å². The summed E-state index contributed by atoms with van der Waals surface area (Å²) in [6.07, 6.45) is 3.18. The van der Waals surface area contributed by atoms with E-state index in [4.69, 9.17) is 16.3 Å². The smallest absolute Gasteiger partial charge is 0.261 e. The number of imidazole rings is 1. The van der Waals surface area contributed by atoms with E-state index in [2.05, 4.69) is 10.3 Å². The van der Waals surface area contributed by atoms with Gasteiger partial charge in [0.15, 0.2) is 6.10 Å². The molecule has 0 saturated heterocycles. The Morgan fingerprint density at radius 3 is 3.00 bits per heavy atom. The number of carbonyl (C=O) groups is 1. The van der Waals surface area contributed by atoms with Crippen LogP contribution in [0.15, 0.2) is 54.9 Å². The second-order valence-corrected chi connectivity index (χ2v) is 5.57. The summed E-state index contributed by atoms with van der Waals surface area (Å²) in [6.45, 7) is 2.05. The largest absolute Gasteiger partial charge is 0.481 e. The first kappa shape index (κ1) is 15.4. The molecule has 3 rings (SSSR count). The molecule has 0 saturated carbocycles. The predicted octanol–water partition coefficient (Wildman–Crippen LogP) is 3.07. The minimum atomic E-state index is -0.620. The second kappa shape index (κ2) is 6.71. The average Bonchev–Trinajstić information content (AvgIpc) is 2.95. The predicted molar refractivity (Wildman–Crippen MR) is 88.6 cm³/mol. The molecule has 23 heavy (non-hydrogen) atoms. The lowest BCUT2D eigenvalue weighted by Crippen LogP contribution is -2.35. The van der Waals surface area contributed by atoms with Gasteiger partial charge in [-0.1, -0.05) is 23.7 Å². The van der Waals surface area contributed by atoms with Gasteiger partial charge in [0, 0.05) is 17.4 Å². The number of amides is 1. The number of halogens is 1. The molecule has 3 aromatic rings. The normalized spacial score (nSPS) is 12.1. The Bertz CT molecular complexity index is 798. The van der Waals surface area contributed by atoms with E-state index in [1.165, 1.54) is 0 Å². The Morgan fingerprint density at radius 2 is 2.22 bits per heavy atom. The number of nitrogens with one attached hydrogen (secondary N) is 1. The quantitative estimate of drug-likeness (QED) is 0.782. The molecule has 2 aromatic heterocycles. The van der Waals surface area contributed by atoms with Crippen LogP contribution in [0.25, 0.3) is 5.65 Å². The number of hydrogen-bond acceptors (Lipinski definition) is 3. The molecule has 118 valence electrons. The average molecular weight is 330 g/mol. The first-order chi connectivity index (χ1) is 11.1. The number of benzene rings is 1. The summed E-state index contributed by atoms with van der Waals surface area (Å²) in [6, 6.07) is 12.7. The highest BCUT2D eigenvalue weighted by molar-refractivity contribution is 6.30. The molecule has 6 heteroatoms. The lowest BCUT2D eigenvalue weighted by molar-refractivity contribution is -0.127. The number of hydrogen-bond donors (Lipinski definition) is 1. The van der Waals surface area contributed by atoms with Gasteiger partial charge in [-0.15, -0.1) is 0 Å². The highest BCUT2D eigenvalue weighted by atomic mass is 35.5.